The van der Waals surface area contributed by atoms with Gasteiger partial charge in [-0.2, -0.15) is 0 Å². The van der Waals surface area contributed by atoms with Gasteiger partial charge in [0.05, 0.1) is 19.3 Å². The van der Waals surface area contributed by atoms with Gasteiger partial charge in [-0.15, -0.1) is 0 Å². The first-order chi connectivity index (χ1) is 28.2. The lowest BCUT2D eigenvalue weighted by atomic mass is 9.86. The Morgan fingerprint density at radius 1 is 0.803 bits per heavy atom. The number of hydrogen-bond donors (Lipinski definition) is 3. The number of rotatable bonds is 17. The summed E-state index contributed by atoms with van der Waals surface area (Å²) in [5.74, 6) is -0.529. The van der Waals surface area contributed by atoms with Gasteiger partial charge in [-0.1, -0.05) is 145 Å². The lowest BCUT2D eigenvalue weighted by Crippen LogP contribution is -2.60. The molecular formula is C48H73BrN4O6Si2. The van der Waals surface area contributed by atoms with Crippen molar-refractivity contribution >= 4 is 50.5 Å². The highest BCUT2D eigenvalue weighted by Crippen LogP contribution is 2.44. The van der Waals surface area contributed by atoms with E-state index in [0.29, 0.717) is 38.8 Å². The van der Waals surface area contributed by atoms with Gasteiger partial charge in [0.25, 0.3) is 11.8 Å². The third-order valence-electron chi connectivity index (χ3n) is 12.9. The lowest BCUT2D eigenvalue weighted by Gasteiger charge is -2.46. The average Bonchev–Trinajstić information content (AvgIpc) is 3.48. The molecular weight excluding hydrogens is 865 g/mol. The monoisotopic (exact) mass is 936 g/mol. The van der Waals surface area contributed by atoms with Gasteiger partial charge < -0.3 is 24.2 Å². The minimum Gasteiger partial charge on any atom is -0.453 e. The van der Waals surface area contributed by atoms with Crippen molar-refractivity contribution in [2.75, 3.05) is 13.7 Å². The Morgan fingerprint density at radius 2 is 1.39 bits per heavy atom. The highest BCUT2D eigenvalue weighted by atomic mass is 79.9. The Labute approximate surface area is 377 Å². The number of nitrogens with one attached hydrogen (secondary N) is 3. The number of ether oxygens (including phenoxy) is 1. The van der Waals surface area contributed by atoms with Crippen LogP contribution in [0.4, 0.5) is 4.79 Å². The van der Waals surface area contributed by atoms with Crippen molar-refractivity contribution in [2.24, 2.45) is 5.41 Å². The molecule has 3 N–H and O–H groups in total. The summed E-state index contributed by atoms with van der Waals surface area (Å²) in [6.45, 7) is 28.7. The van der Waals surface area contributed by atoms with Crippen LogP contribution in [0.1, 0.15) is 103 Å². The lowest BCUT2D eigenvalue weighted by molar-refractivity contribution is -0.141. The van der Waals surface area contributed by atoms with E-state index in [9.17, 15) is 9.59 Å². The maximum atomic E-state index is 15.7. The Kier molecular flexibility index (Phi) is 16.5. The van der Waals surface area contributed by atoms with Crippen molar-refractivity contribution in [2.45, 2.75) is 155 Å². The number of benzene rings is 3. The van der Waals surface area contributed by atoms with E-state index in [4.69, 9.17) is 13.6 Å². The van der Waals surface area contributed by atoms with Crippen molar-refractivity contribution in [3.8, 4) is 0 Å². The fourth-order valence-electron chi connectivity index (χ4n) is 7.26. The minimum absolute atomic E-state index is 0.0152. The number of hydrazine groups is 1. The number of nitrogens with zero attached hydrogens (tertiary/aromatic N) is 1. The van der Waals surface area contributed by atoms with Crippen molar-refractivity contribution in [3.63, 3.8) is 0 Å². The molecule has 0 unspecified atom stereocenters. The van der Waals surface area contributed by atoms with E-state index in [1.165, 1.54) is 12.7 Å². The van der Waals surface area contributed by atoms with Gasteiger partial charge in [-0.25, -0.2) is 9.80 Å². The third-order valence-corrected chi connectivity index (χ3v) is 22.4. The van der Waals surface area contributed by atoms with Crippen LogP contribution in [0.5, 0.6) is 0 Å². The molecule has 61 heavy (non-hydrogen) atoms. The first-order valence-corrected chi connectivity index (χ1v) is 28.2. The van der Waals surface area contributed by atoms with Gasteiger partial charge in [0.2, 0.25) is 0 Å². The van der Waals surface area contributed by atoms with Crippen LogP contribution in [0.3, 0.4) is 0 Å². The zero-order valence-electron chi connectivity index (χ0n) is 39.3. The van der Waals surface area contributed by atoms with Gasteiger partial charge in [-0.05, 0) is 88.9 Å². The molecule has 0 spiro atoms. The predicted octanol–water partition coefficient (Wildman–Crippen LogP) is 10.6. The van der Waals surface area contributed by atoms with Crippen LogP contribution in [0, 0.1) is 5.41 Å². The fraction of sp³-hybridized carbons (Fsp3) is 0.562. The number of methoxy groups -OCH3 is 1. The van der Waals surface area contributed by atoms with Gasteiger partial charge in [-0.3, -0.25) is 15.0 Å². The molecule has 0 saturated carbocycles. The standard InChI is InChI=1S/C48H73BrN4O6Si2/c1-45(2,3)41(51-44(56)57-10)42(54)52-53(33-35-25-27-37(49)28-26-35)30-20-29-48(32-34-21-16-15-17-22-34,59-61(13,14)47(7,8)9)43(55)50-40-38-24-19-18-23-36(38)31-39(40)58-60(11,12)46(4,5)6/h15-19,21-28,39-41H,20,29-33H2,1-14H3,(H,50,55)(H,51,56)(H,52,54)/t39-,40+,41-,48-/m1/s1. The minimum atomic E-state index is -2.61. The largest absolute Gasteiger partial charge is 0.453 e. The van der Waals surface area contributed by atoms with Crippen LogP contribution < -0.4 is 16.1 Å². The maximum Gasteiger partial charge on any atom is 0.407 e. The molecule has 0 fully saturated rings. The third kappa shape index (κ3) is 13.3. The van der Waals surface area contributed by atoms with Crippen LogP contribution >= 0.6 is 15.9 Å². The first kappa shape index (κ1) is 50.3. The zero-order chi connectivity index (χ0) is 45.6. The van der Waals surface area contributed by atoms with E-state index < -0.39 is 39.8 Å². The highest BCUT2D eigenvalue weighted by molar-refractivity contribution is 9.10. The topological polar surface area (TPSA) is 118 Å². The van der Waals surface area contributed by atoms with Gasteiger partial charge in [0, 0.05) is 30.4 Å². The summed E-state index contributed by atoms with van der Waals surface area (Å²) in [4.78, 5) is 42.1. The smallest absolute Gasteiger partial charge is 0.407 e. The van der Waals surface area contributed by atoms with Crippen molar-refractivity contribution in [1.29, 1.82) is 0 Å². The normalized spacial score (nSPS) is 17.6. The molecule has 3 amide bonds. The molecule has 1 aliphatic carbocycles. The summed E-state index contributed by atoms with van der Waals surface area (Å²) in [7, 11) is -3.57. The van der Waals surface area contributed by atoms with Crippen LogP contribution in [-0.4, -0.2) is 71.0 Å². The number of fused-ring (bicyclic) bond motifs is 1. The summed E-state index contributed by atoms with van der Waals surface area (Å²) < 4.78 is 20.5. The summed E-state index contributed by atoms with van der Waals surface area (Å²) in [6.07, 6.45) is 1.04. The SMILES string of the molecule is COC(=O)N[C@H](C(=O)NN(CCC[C@](Cc1ccccc1)(O[Si](C)(C)C(C)(C)C)C(=O)N[C@H]1c2ccccc2C[C@H]1O[Si](C)(C)C(C)(C)C)Cc1ccc(Br)cc1)C(C)(C)C. The van der Waals surface area contributed by atoms with E-state index in [1.807, 2.05) is 74.3 Å². The summed E-state index contributed by atoms with van der Waals surface area (Å²) in [5, 5.41) is 7.97. The number of alkyl carbamates (subject to hydrolysis) is 1. The maximum absolute atomic E-state index is 15.7. The zero-order valence-corrected chi connectivity index (χ0v) is 42.8. The molecule has 10 nitrogen and oxygen atoms in total. The van der Waals surface area contributed by atoms with Crippen molar-refractivity contribution in [3.05, 3.63) is 106 Å². The number of amides is 3. The quantitative estimate of drug-likeness (QED) is 0.0911. The van der Waals surface area contributed by atoms with Gasteiger partial charge in [0.1, 0.15) is 11.6 Å². The Bertz CT molecular complexity index is 1940. The molecule has 336 valence electrons. The first-order valence-electron chi connectivity index (χ1n) is 21.6. The molecule has 1 aliphatic rings. The molecule has 4 rings (SSSR count). The number of carbonyl (C=O) groups is 3. The number of hydrogen-bond acceptors (Lipinski definition) is 7. The fourth-order valence-corrected chi connectivity index (χ4v) is 10.4. The van der Waals surface area contributed by atoms with E-state index in [0.717, 1.165) is 21.2 Å². The molecule has 0 aliphatic heterocycles. The molecule has 4 atom stereocenters. The van der Waals surface area contributed by atoms with Crippen molar-refractivity contribution < 1.29 is 28.0 Å². The van der Waals surface area contributed by atoms with Crippen molar-refractivity contribution in [1.82, 2.24) is 21.1 Å². The average molecular weight is 938 g/mol. The van der Waals surface area contributed by atoms with Crippen LogP contribution in [0.2, 0.25) is 36.3 Å². The summed E-state index contributed by atoms with van der Waals surface area (Å²) in [6, 6.07) is 25.2. The molecule has 3 aromatic carbocycles. The number of carbonyl (C=O) groups excluding carboxylic acids is 3. The van der Waals surface area contributed by atoms with E-state index >= 15 is 4.79 Å². The predicted molar refractivity (Wildman–Crippen MR) is 255 cm³/mol. The van der Waals surface area contributed by atoms with E-state index in [-0.39, 0.29) is 34.0 Å². The van der Waals surface area contributed by atoms with Gasteiger partial charge in [0.15, 0.2) is 16.6 Å². The Balaban J connectivity index is 1.78. The molecule has 13 heteroatoms. The highest BCUT2D eigenvalue weighted by Gasteiger charge is 2.51. The Morgan fingerprint density at radius 3 is 1.97 bits per heavy atom. The molecule has 3 aromatic rings. The van der Waals surface area contributed by atoms with Crippen LogP contribution in [-0.2, 0) is 42.6 Å². The second kappa shape index (κ2) is 20.0. The molecule has 0 aromatic heterocycles. The molecule has 0 bridgehead atoms. The van der Waals surface area contributed by atoms with E-state index in [2.05, 4.69) is 130 Å². The molecule has 0 radical (unpaired) electrons. The molecule has 0 saturated heterocycles. The second-order valence-corrected chi connectivity index (χ2v) is 31.2. The summed E-state index contributed by atoms with van der Waals surface area (Å²) >= 11 is 3.54. The second-order valence-electron chi connectivity index (χ2n) is 20.9. The Hall–Kier alpha value is -3.34. The van der Waals surface area contributed by atoms with Crippen LogP contribution in [0.15, 0.2) is 83.3 Å². The molecule has 0 heterocycles. The number of halogens is 1. The van der Waals surface area contributed by atoms with Crippen LogP contribution in [0.25, 0.3) is 0 Å². The summed E-state index contributed by atoms with van der Waals surface area (Å²) in [5.41, 5.74) is 5.49. The van der Waals surface area contributed by atoms with E-state index in [1.54, 1.807) is 0 Å². The van der Waals surface area contributed by atoms with Gasteiger partial charge >= 0.3 is 6.09 Å².